The summed E-state index contributed by atoms with van der Waals surface area (Å²) in [5, 5.41) is 5.84. The van der Waals surface area contributed by atoms with Crippen LogP contribution in [0.1, 0.15) is 31.4 Å². The van der Waals surface area contributed by atoms with E-state index in [1.54, 1.807) is 0 Å². The summed E-state index contributed by atoms with van der Waals surface area (Å²) in [5.74, 6) is 0. The van der Waals surface area contributed by atoms with Crippen LogP contribution in [0.2, 0.25) is 0 Å². The molecule has 2 unspecified atom stereocenters. The lowest BCUT2D eigenvalue weighted by Crippen LogP contribution is -2.31. The second kappa shape index (κ2) is 5.94. The zero-order valence-corrected chi connectivity index (χ0v) is 12.1. The molecule has 1 aliphatic rings. The molecule has 2 N–H and O–H groups in total. The average Bonchev–Trinajstić information content (AvgIpc) is 2.77. The largest absolute Gasteiger partial charge is 0.378 e. The topological polar surface area (TPSA) is 53.1 Å². The Labute approximate surface area is 119 Å². The molecule has 1 saturated heterocycles. The lowest BCUT2D eigenvalue weighted by Gasteiger charge is -2.25. The Kier molecular flexibility index (Phi) is 4.03. The number of rotatable bonds is 4. The number of nitrogens with two attached hydrogens (primary N) is 1. The minimum Gasteiger partial charge on any atom is -0.378 e. The van der Waals surface area contributed by atoms with Crippen LogP contribution in [0.15, 0.2) is 24.3 Å². The highest BCUT2D eigenvalue weighted by Gasteiger charge is 2.19. The van der Waals surface area contributed by atoms with Crippen molar-refractivity contribution in [2.75, 3.05) is 6.61 Å². The number of aromatic nitrogens is 2. The van der Waals surface area contributed by atoms with Gasteiger partial charge in [0, 0.05) is 31.5 Å². The first-order valence-electron chi connectivity index (χ1n) is 7.52. The van der Waals surface area contributed by atoms with Crippen LogP contribution >= 0.6 is 0 Å². The molecule has 108 valence electrons. The highest BCUT2D eigenvalue weighted by molar-refractivity contribution is 5.81. The van der Waals surface area contributed by atoms with Crippen molar-refractivity contribution in [1.29, 1.82) is 0 Å². The predicted octanol–water partition coefficient (Wildman–Crippen LogP) is 2.40. The van der Waals surface area contributed by atoms with E-state index >= 15 is 0 Å². The molecule has 20 heavy (non-hydrogen) atoms. The first kappa shape index (κ1) is 13.6. The molecular formula is C16H23N3O. The second-order valence-corrected chi connectivity index (χ2v) is 5.78. The summed E-state index contributed by atoms with van der Waals surface area (Å²) in [6.45, 7) is 0.893. The molecule has 2 heterocycles. The van der Waals surface area contributed by atoms with Gasteiger partial charge in [0.15, 0.2) is 0 Å². The van der Waals surface area contributed by atoms with Crippen molar-refractivity contribution in [3.8, 4) is 0 Å². The second-order valence-electron chi connectivity index (χ2n) is 5.78. The lowest BCUT2D eigenvalue weighted by molar-refractivity contribution is 0.00744. The SMILES string of the molecule is Cn1nc(CC(N)CC2CCCCO2)c2ccccc21. The Morgan fingerprint density at radius 2 is 2.25 bits per heavy atom. The Hall–Kier alpha value is -1.39. The first-order valence-corrected chi connectivity index (χ1v) is 7.52. The number of nitrogens with zero attached hydrogens (tertiary/aromatic N) is 2. The zero-order chi connectivity index (χ0) is 13.9. The van der Waals surface area contributed by atoms with Gasteiger partial charge in [-0.1, -0.05) is 18.2 Å². The number of para-hydroxylation sites is 1. The van der Waals surface area contributed by atoms with E-state index in [1.807, 2.05) is 17.8 Å². The standard InChI is InChI=1S/C16H23N3O/c1-19-16-8-3-2-7-14(16)15(18-19)11-12(17)10-13-6-4-5-9-20-13/h2-3,7-8,12-13H,4-6,9-11,17H2,1H3. The number of hydrogen-bond donors (Lipinski definition) is 1. The van der Waals surface area contributed by atoms with Crippen molar-refractivity contribution in [3.63, 3.8) is 0 Å². The zero-order valence-electron chi connectivity index (χ0n) is 12.1. The predicted molar refractivity (Wildman–Crippen MR) is 80.6 cm³/mol. The van der Waals surface area contributed by atoms with Crippen LogP contribution in [0.25, 0.3) is 10.9 Å². The first-order chi connectivity index (χ1) is 9.74. The fourth-order valence-electron chi connectivity index (χ4n) is 3.10. The van der Waals surface area contributed by atoms with Gasteiger partial charge in [0.1, 0.15) is 0 Å². The molecule has 0 bridgehead atoms. The van der Waals surface area contributed by atoms with E-state index in [1.165, 1.54) is 23.7 Å². The van der Waals surface area contributed by atoms with Crippen LogP contribution in [-0.4, -0.2) is 28.5 Å². The number of hydrogen-bond acceptors (Lipinski definition) is 3. The minimum atomic E-state index is 0.122. The van der Waals surface area contributed by atoms with E-state index in [0.717, 1.165) is 31.6 Å². The van der Waals surface area contributed by atoms with Crippen molar-refractivity contribution < 1.29 is 4.74 Å². The van der Waals surface area contributed by atoms with Gasteiger partial charge >= 0.3 is 0 Å². The molecule has 1 fully saturated rings. The van der Waals surface area contributed by atoms with Gasteiger partial charge in [-0.05, 0) is 31.7 Å². The van der Waals surface area contributed by atoms with Gasteiger partial charge in [-0.2, -0.15) is 5.10 Å². The van der Waals surface area contributed by atoms with Crippen LogP contribution in [0, 0.1) is 0 Å². The molecule has 2 aromatic rings. The van der Waals surface area contributed by atoms with Crippen LogP contribution in [0.3, 0.4) is 0 Å². The summed E-state index contributed by atoms with van der Waals surface area (Å²) in [4.78, 5) is 0. The summed E-state index contributed by atoms with van der Waals surface area (Å²) in [6.07, 6.45) is 5.71. The van der Waals surface area contributed by atoms with Crippen LogP contribution in [0.5, 0.6) is 0 Å². The molecular weight excluding hydrogens is 250 g/mol. The summed E-state index contributed by atoms with van der Waals surface area (Å²) >= 11 is 0. The van der Waals surface area contributed by atoms with E-state index in [2.05, 4.69) is 23.3 Å². The summed E-state index contributed by atoms with van der Waals surface area (Å²) in [7, 11) is 1.99. The van der Waals surface area contributed by atoms with E-state index in [4.69, 9.17) is 10.5 Å². The molecule has 0 aliphatic carbocycles. The van der Waals surface area contributed by atoms with Crippen LogP contribution in [0.4, 0.5) is 0 Å². The number of ether oxygens (including phenoxy) is 1. The molecule has 0 amide bonds. The Morgan fingerprint density at radius 3 is 3.05 bits per heavy atom. The van der Waals surface area contributed by atoms with Gasteiger partial charge in [0.05, 0.1) is 17.3 Å². The van der Waals surface area contributed by atoms with Crippen molar-refractivity contribution in [2.24, 2.45) is 12.8 Å². The smallest absolute Gasteiger partial charge is 0.0718 e. The van der Waals surface area contributed by atoms with E-state index in [-0.39, 0.29) is 6.04 Å². The molecule has 1 aromatic heterocycles. The summed E-state index contributed by atoms with van der Waals surface area (Å²) < 4.78 is 7.71. The van der Waals surface area contributed by atoms with Gasteiger partial charge in [0.25, 0.3) is 0 Å². The maximum absolute atomic E-state index is 6.31. The van der Waals surface area contributed by atoms with Crippen molar-refractivity contribution in [3.05, 3.63) is 30.0 Å². The quantitative estimate of drug-likeness (QED) is 0.930. The Balaban J connectivity index is 1.69. The van der Waals surface area contributed by atoms with Gasteiger partial charge in [0.2, 0.25) is 0 Å². The lowest BCUT2D eigenvalue weighted by atomic mass is 9.98. The van der Waals surface area contributed by atoms with E-state index in [0.29, 0.717) is 6.10 Å². The highest BCUT2D eigenvalue weighted by Crippen LogP contribution is 2.21. The minimum absolute atomic E-state index is 0.122. The molecule has 0 radical (unpaired) electrons. The normalized spacial score (nSPS) is 21.2. The molecule has 3 rings (SSSR count). The van der Waals surface area contributed by atoms with Gasteiger partial charge < -0.3 is 10.5 Å². The fraction of sp³-hybridized carbons (Fsp3) is 0.562. The van der Waals surface area contributed by atoms with Gasteiger partial charge in [-0.15, -0.1) is 0 Å². The number of benzene rings is 1. The third-order valence-corrected chi connectivity index (χ3v) is 4.13. The van der Waals surface area contributed by atoms with Crippen molar-refractivity contribution in [1.82, 2.24) is 9.78 Å². The third kappa shape index (κ3) is 2.86. The molecule has 4 heteroatoms. The molecule has 0 spiro atoms. The molecule has 0 saturated carbocycles. The summed E-state index contributed by atoms with van der Waals surface area (Å²) in [6, 6.07) is 8.45. The molecule has 1 aliphatic heterocycles. The van der Waals surface area contributed by atoms with Crippen LogP contribution in [-0.2, 0) is 18.2 Å². The van der Waals surface area contributed by atoms with Crippen molar-refractivity contribution >= 4 is 10.9 Å². The highest BCUT2D eigenvalue weighted by atomic mass is 16.5. The van der Waals surface area contributed by atoms with E-state index < -0.39 is 0 Å². The fourth-order valence-corrected chi connectivity index (χ4v) is 3.10. The van der Waals surface area contributed by atoms with E-state index in [9.17, 15) is 0 Å². The Bertz CT molecular complexity index is 572. The average molecular weight is 273 g/mol. The van der Waals surface area contributed by atoms with Crippen molar-refractivity contribution in [2.45, 2.75) is 44.2 Å². The van der Waals surface area contributed by atoms with Crippen LogP contribution < -0.4 is 5.73 Å². The Morgan fingerprint density at radius 1 is 1.40 bits per heavy atom. The summed E-state index contributed by atoms with van der Waals surface area (Å²) in [5.41, 5.74) is 8.58. The molecule has 4 nitrogen and oxygen atoms in total. The number of fused-ring (bicyclic) bond motifs is 1. The molecule has 1 aromatic carbocycles. The maximum atomic E-state index is 6.31. The van der Waals surface area contributed by atoms with Gasteiger partial charge in [-0.3, -0.25) is 4.68 Å². The maximum Gasteiger partial charge on any atom is 0.0718 e. The third-order valence-electron chi connectivity index (χ3n) is 4.13. The monoisotopic (exact) mass is 273 g/mol. The van der Waals surface area contributed by atoms with Gasteiger partial charge in [-0.25, -0.2) is 0 Å². The molecule has 2 atom stereocenters. The number of aryl methyl sites for hydroxylation is 1.